The summed E-state index contributed by atoms with van der Waals surface area (Å²) >= 11 is 1.75. The van der Waals surface area contributed by atoms with Gasteiger partial charge in [0.05, 0.1) is 18.6 Å². The fraction of sp³-hybridized carbons (Fsp3) is 0.462. The molecule has 0 aliphatic rings. The first-order valence-corrected chi connectivity index (χ1v) is 7.06. The van der Waals surface area contributed by atoms with Gasteiger partial charge >= 0.3 is 0 Å². The SMILES string of the molecule is CCn1cncc1CN(CCO)Cc1cccs1. The zero-order chi connectivity index (χ0) is 12.8. The smallest absolute Gasteiger partial charge is 0.0948 e. The molecule has 0 aliphatic carbocycles. The Bertz CT molecular complexity index is 453. The van der Waals surface area contributed by atoms with E-state index in [0.717, 1.165) is 19.6 Å². The van der Waals surface area contributed by atoms with Crippen LogP contribution in [0.25, 0.3) is 0 Å². The highest BCUT2D eigenvalue weighted by Crippen LogP contribution is 2.14. The van der Waals surface area contributed by atoms with Crippen LogP contribution in [-0.2, 0) is 19.6 Å². The molecule has 2 rings (SSSR count). The molecule has 0 amide bonds. The third-order valence-electron chi connectivity index (χ3n) is 2.90. The summed E-state index contributed by atoms with van der Waals surface area (Å²) in [5.41, 5.74) is 1.20. The van der Waals surface area contributed by atoms with Crippen LogP contribution < -0.4 is 0 Å². The van der Waals surface area contributed by atoms with Gasteiger partial charge in [0.1, 0.15) is 0 Å². The van der Waals surface area contributed by atoms with Crippen LogP contribution in [0, 0.1) is 0 Å². The average molecular weight is 265 g/mol. The van der Waals surface area contributed by atoms with Crippen LogP contribution in [0.4, 0.5) is 0 Å². The van der Waals surface area contributed by atoms with Crippen LogP contribution in [0.15, 0.2) is 30.0 Å². The summed E-state index contributed by atoms with van der Waals surface area (Å²) in [7, 11) is 0. The fourth-order valence-corrected chi connectivity index (χ4v) is 2.72. The van der Waals surface area contributed by atoms with Gasteiger partial charge in [-0.05, 0) is 18.4 Å². The van der Waals surface area contributed by atoms with Crippen molar-refractivity contribution in [3.63, 3.8) is 0 Å². The topological polar surface area (TPSA) is 41.3 Å². The van der Waals surface area contributed by atoms with Crippen LogP contribution >= 0.6 is 11.3 Å². The van der Waals surface area contributed by atoms with E-state index in [-0.39, 0.29) is 6.61 Å². The second kappa shape index (κ2) is 6.68. The lowest BCUT2D eigenvalue weighted by Gasteiger charge is -2.21. The van der Waals surface area contributed by atoms with Crippen molar-refractivity contribution in [2.45, 2.75) is 26.6 Å². The molecule has 0 aliphatic heterocycles. The molecule has 98 valence electrons. The molecule has 0 bridgehead atoms. The van der Waals surface area contributed by atoms with Gasteiger partial charge in [0.2, 0.25) is 0 Å². The van der Waals surface area contributed by atoms with Crippen LogP contribution in [0.3, 0.4) is 0 Å². The minimum atomic E-state index is 0.186. The van der Waals surface area contributed by atoms with E-state index in [1.54, 1.807) is 11.3 Å². The van der Waals surface area contributed by atoms with E-state index in [1.807, 2.05) is 12.5 Å². The van der Waals surface area contributed by atoms with Gasteiger partial charge in [-0.3, -0.25) is 4.90 Å². The number of aliphatic hydroxyl groups is 1. The molecule has 2 heterocycles. The van der Waals surface area contributed by atoms with E-state index in [4.69, 9.17) is 5.11 Å². The Hall–Kier alpha value is -1.17. The van der Waals surface area contributed by atoms with Gasteiger partial charge < -0.3 is 9.67 Å². The van der Waals surface area contributed by atoms with Crippen molar-refractivity contribution in [2.24, 2.45) is 0 Å². The number of imidazole rings is 1. The Balaban J connectivity index is 2.01. The molecular formula is C13H19N3OS. The quantitative estimate of drug-likeness (QED) is 0.832. The normalized spacial score (nSPS) is 11.3. The van der Waals surface area contributed by atoms with Gasteiger partial charge in [0.25, 0.3) is 0 Å². The van der Waals surface area contributed by atoms with Crippen molar-refractivity contribution in [2.75, 3.05) is 13.2 Å². The molecule has 18 heavy (non-hydrogen) atoms. The monoisotopic (exact) mass is 265 g/mol. The van der Waals surface area contributed by atoms with Crippen LogP contribution in [0.5, 0.6) is 0 Å². The third kappa shape index (κ3) is 3.41. The van der Waals surface area contributed by atoms with Crippen molar-refractivity contribution in [3.8, 4) is 0 Å². The molecule has 2 aromatic heterocycles. The molecular weight excluding hydrogens is 246 g/mol. The highest BCUT2D eigenvalue weighted by Gasteiger charge is 2.10. The second-order valence-electron chi connectivity index (χ2n) is 4.18. The first-order valence-electron chi connectivity index (χ1n) is 6.18. The number of thiophene rings is 1. The van der Waals surface area contributed by atoms with Crippen LogP contribution in [0.1, 0.15) is 17.5 Å². The number of nitrogens with zero attached hydrogens (tertiary/aromatic N) is 3. The van der Waals surface area contributed by atoms with Crippen molar-refractivity contribution in [3.05, 3.63) is 40.6 Å². The summed E-state index contributed by atoms with van der Waals surface area (Å²) < 4.78 is 2.14. The molecule has 0 saturated carbocycles. The number of aliphatic hydroxyl groups excluding tert-OH is 1. The molecule has 4 nitrogen and oxygen atoms in total. The van der Waals surface area contributed by atoms with Crippen molar-refractivity contribution in [1.29, 1.82) is 0 Å². The molecule has 0 atom stereocenters. The molecule has 0 saturated heterocycles. The maximum absolute atomic E-state index is 9.16. The molecule has 2 aromatic rings. The Kier molecular flexibility index (Phi) is 4.92. The van der Waals surface area contributed by atoms with E-state index in [0.29, 0.717) is 6.54 Å². The van der Waals surface area contributed by atoms with Gasteiger partial charge in [0.15, 0.2) is 0 Å². The number of hydrogen-bond acceptors (Lipinski definition) is 4. The minimum Gasteiger partial charge on any atom is -0.395 e. The first kappa shape index (κ1) is 13.3. The molecule has 0 radical (unpaired) electrons. The van der Waals surface area contributed by atoms with Gasteiger partial charge in [0, 0.05) is 37.3 Å². The Morgan fingerprint density at radius 1 is 1.44 bits per heavy atom. The lowest BCUT2D eigenvalue weighted by molar-refractivity contribution is 0.182. The lowest BCUT2D eigenvalue weighted by atomic mass is 10.3. The summed E-state index contributed by atoms with van der Waals surface area (Å²) in [6.07, 6.45) is 3.76. The third-order valence-corrected chi connectivity index (χ3v) is 3.76. The predicted octanol–water partition coefficient (Wildman–Crippen LogP) is 1.96. The predicted molar refractivity (Wildman–Crippen MR) is 73.4 cm³/mol. The number of aryl methyl sites for hydroxylation is 1. The maximum atomic E-state index is 9.16. The summed E-state index contributed by atoms with van der Waals surface area (Å²) in [5.74, 6) is 0. The number of hydrogen-bond donors (Lipinski definition) is 1. The minimum absolute atomic E-state index is 0.186. The zero-order valence-electron chi connectivity index (χ0n) is 10.6. The van der Waals surface area contributed by atoms with Gasteiger partial charge in [-0.1, -0.05) is 6.07 Å². The second-order valence-corrected chi connectivity index (χ2v) is 5.22. The van der Waals surface area contributed by atoms with Crippen molar-refractivity contribution < 1.29 is 5.11 Å². The van der Waals surface area contributed by atoms with E-state index in [9.17, 15) is 0 Å². The molecule has 0 aromatic carbocycles. The standard InChI is InChI=1S/C13H19N3OS/c1-2-16-11-14-8-12(16)9-15(5-6-17)10-13-4-3-7-18-13/h3-4,7-8,11,17H,2,5-6,9-10H2,1H3. The van der Waals surface area contributed by atoms with Gasteiger partial charge in [-0.15, -0.1) is 11.3 Å². The van der Waals surface area contributed by atoms with Crippen molar-refractivity contribution in [1.82, 2.24) is 14.5 Å². The Labute approximate surface area is 112 Å². The summed E-state index contributed by atoms with van der Waals surface area (Å²) in [6.45, 7) is 5.62. The highest BCUT2D eigenvalue weighted by atomic mass is 32.1. The molecule has 0 spiro atoms. The molecule has 5 heteroatoms. The lowest BCUT2D eigenvalue weighted by Crippen LogP contribution is -2.26. The zero-order valence-corrected chi connectivity index (χ0v) is 11.4. The van der Waals surface area contributed by atoms with Gasteiger partial charge in [-0.25, -0.2) is 4.98 Å². The van der Waals surface area contributed by atoms with Crippen LogP contribution in [0.2, 0.25) is 0 Å². The van der Waals surface area contributed by atoms with Gasteiger partial charge in [-0.2, -0.15) is 0 Å². The first-order chi connectivity index (χ1) is 8.83. The largest absolute Gasteiger partial charge is 0.395 e. The van der Waals surface area contributed by atoms with E-state index in [1.165, 1.54) is 10.6 Å². The number of aromatic nitrogens is 2. The maximum Gasteiger partial charge on any atom is 0.0948 e. The van der Waals surface area contributed by atoms with E-state index >= 15 is 0 Å². The Morgan fingerprint density at radius 2 is 2.33 bits per heavy atom. The fourth-order valence-electron chi connectivity index (χ4n) is 1.97. The number of rotatable bonds is 7. The Morgan fingerprint density at radius 3 is 3.00 bits per heavy atom. The summed E-state index contributed by atoms with van der Waals surface area (Å²) in [6, 6.07) is 4.19. The van der Waals surface area contributed by atoms with E-state index in [2.05, 4.69) is 38.9 Å². The van der Waals surface area contributed by atoms with E-state index < -0.39 is 0 Å². The molecule has 1 N–H and O–H groups in total. The molecule has 0 unspecified atom stereocenters. The van der Waals surface area contributed by atoms with Crippen LogP contribution in [-0.4, -0.2) is 32.7 Å². The highest BCUT2D eigenvalue weighted by molar-refractivity contribution is 7.09. The molecule has 0 fully saturated rings. The summed E-state index contributed by atoms with van der Waals surface area (Å²) in [4.78, 5) is 7.75. The average Bonchev–Trinajstić information content (AvgIpc) is 3.00. The summed E-state index contributed by atoms with van der Waals surface area (Å²) in [5, 5.41) is 11.2. The van der Waals surface area contributed by atoms with Crippen molar-refractivity contribution >= 4 is 11.3 Å².